The van der Waals surface area contributed by atoms with E-state index in [1.165, 1.54) is 11.3 Å². The van der Waals surface area contributed by atoms with Crippen LogP contribution in [0.5, 0.6) is 0 Å². The van der Waals surface area contributed by atoms with E-state index in [0.29, 0.717) is 0 Å². The molecule has 0 amide bonds. The summed E-state index contributed by atoms with van der Waals surface area (Å²) >= 11 is 1.61. The molecule has 70 valence electrons. The van der Waals surface area contributed by atoms with Crippen molar-refractivity contribution in [2.45, 2.75) is 25.0 Å². The number of rotatable bonds is 1. The molecular formula is C9H13N3S. The normalized spacial score (nSPS) is 15.5. The topological polar surface area (TPSA) is 37.8 Å². The van der Waals surface area contributed by atoms with Crippen LogP contribution in [0, 0.1) is 6.92 Å². The summed E-state index contributed by atoms with van der Waals surface area (Å²) in [6, 6.07) is 0. The second kappa shape index (κ2) is 3.64. The molecule has 0 radical (unpaired) electrons. The number of hydrogen-bond acceptors (Lipinski definition) is 4. The van der Waals surface area contributed by atoms with Gasteiger partial charge in [-0.3, -0.25) is 0 Å². The van der Waals surface area contributed by atoms with Gasteiger partial charge in [-0.1, -0.05) is 11.8 Å². The van der Waals surface area contributed by atoms with E-state index in [1.54, 1.807) is 11.8 Å². The largest absolute Gasteiger partial charge is 0.312 e. The molecule has 2 heterocycles. The number of nitrogens with one attached hydrogen (secondary N) is 1. The van der Waals surface area contributed by atoms with Crippen molar-refractivity contribution in [2.75, 3.05) is 12.8 Å². The first-order chi connectivity index (χ1) is 6.31. The zero-order valence-electron chi connectivity index (χ0n) is 7.92. The molecule has 0 unspecified atom stereocenters. The number of fused-ring (bicyclic) bond motifs is 1. The molecule has 13 heavy (non-hydrogen) atoms. The summed E-state index contributed by atoms with van der Waals surface area (Å²) in [7, 11) is 0. The van der Waals surface area contributed by atoms with Gasteiger partial charge >= 0.3 is 0 Å². The van der Waals surface area contributed by atoms with Crippen LogP contribution in [0.4, 0.5) is 0 Å². The zero-order valence-corrected chi connectivity index (χ0v) is 8.74. The predicted molar refractivity (Wildman–Crippen MR) is 54.0 cm³/mol. The maximum atomic E-state index is 4.50. The van der Waals surface area contributed by atoms with Gasteiger partial charge in [0.05, 0.1) is 5.69 Å². The third kappa shape index (κ3) is 1.69. The Morgan fingerprint density at radius 1 is 1.38 bits per heavy atom. The Hall–Kier alpha value is -0.610. The molecule has 1 N–H and O–H groups in total. The van der Waals surface area contributed by atoms with Crippen molar-refractivity contribution in [1.82, 2.24) is 15.3 Å². The van der Waals surface area contributed by atoms with Gasteiger partial charge in [-0.05, 0) is 13.2 Å². The van der Waals surface area contributed by atoms with Crippen LogP contribution in [-0.4, -0.2) is 22.8 Å². The standard InChI is InChI=1S/C9H13N3S/c1-6-7-5-10-4-3-8(7)12-9(11-6)13-2/h10H,3-5H2,1-2H3. The zero-order chi connectivity index (χ0) is 9.26. The van der Waals surface area contributed by atoms with E-state index in [2.05, 4.69) is 22.2 Å². The highest BCUT2D eigenvalue weighted by Crippen LogP contribution is 2.18. The van der Waals surface area contributed by atoms with Crippen LogP contribution in [0.1, 0.15) is 17.0 Å². The highest BCUT2D eigenvalue weighted by atomic mass is 32.2. The fourth-order valence-electron chi connectivity index (χ4n) is 1.58. The van der Waals surface area contributed by atoms with Gasteiger partial charge in [0.2, 0.25) is 0 Å². The van der Waals surface area contributed by atoms with Gasteiger partial charge in [0.25, 0.3) is 0 Å². The van der Waals surface area contributed by atoms with Gasteiger partial charge in [0, 0.05) is 30.8 Å². The third-order valence-electron chi connectivity index (χ3n) is 2.30. The lowest BCUT2D eigenvalue weighted by molar-refractivity contribution is 0.610. The lowest BCUT2D eigenvalue weighted by Crippen LogP contribution is -2.26. The first-order valence-electron chi connectivity index (χ1n) is 4.42. The first-order valence-corrected chi connectivity index (χ1v) is 5.65. The summed E-state index contributed by atoms with van der Waals surface area (Å²) in [5.41, 5.74) is 3.65. The molecule has 4 heteroatoms. The second-order valence-electron chi connectivity index (χ2n) is 3.15. The molecule has 0 saturated heterocycles. The van der Waals surface area contributed by atoms with E-state index in [0.717, 1.165) is 30.4 Å². The van der Waals surface area contributed by atoms with Crippen molar-refractivity contribution in [1.29, 1.82) is 0 Å². The molecule has 1 aromatic heterocycles. The molecule has 0 atom stereocenters. The van der Waals surface area contributed by atoms with Crippen molar-refractivity contribution in [3.05, 3.63) is 17.0 Å². The molecule has 0 bridgehead atoms. The fraction of sp³-hybridized carbons (Fsp3) is 0.556. The first kappa shape index (κ1) is 8.97. The number of thioether (sulfide) groups is 1. The third-order valence-corrected chi connectivity index (χ3v) is 2.85. The minimum Gasteiger partial charge on any atom is -0.312 e. The smallest absolute Gasteiger partial charge is 0.187 e. The van der Waals surface area contributed by atoms with Crippen LogP contribution < -0.4 is 5.32 Å². The fourth-order valence-corrected chi connectivity index (χ4v) is 2.01. The lowest BCUT2D eigenvalue weighted by Gasteiger charge is -2.17. The molecule has 1 aromatic rings. The minimum atomic E-state index is 0.901. The van der Waals surface area contributed by atoms with Crippen LogP contribution in [0.25, 0.3) is 0 Å². The monoisotopic (exact) mass is 195 g/mol. The maximum absolute atomic E-state index is 4.50. The van der Waals surface area contributed by atoms with Gasteiger partial charge in [-0.2, -0.15) is 0 Å². The highest BCUT2D eigenvalue weighted by Gasteiger charge is 2.14. The molecule has 0 spiro atoms. The molecule has 0 aromatic carbocycles. The molecule has 1 aliphatic rings. The summed E-state index contributed by atoms with van der Waals surface area (Å²) in [5, 5.41) is 4.23. The van der Waals surface area contributed by atoms with Crippen molar-refractivity contribution in [3.63, 3.8) is 0 Å². The summed E-state index contributed by atoms with van der Waals surface area (Å²) in [6.07, 6.45) is 3.05. The molecule has 0 saturated carbocycles. The highest BCUT2D eigenvalue weighted by molar-refractivity contribution is 7.98. The van der Waals surface area contributed by atoms with Crippen molar-refractivity contribution in [2.24, 2.45) is 0 Å². The number of nitrogens with zero attached hydrogens (tertiary/aromatic N) is 2. The van der Waals surface area contributed by atoms with Crippen molar-refractivity contribution < 1.29 is 0 Å². The molecular weight excluding hydrogens is 182 g/mol. The summed E-state index contributed by atoms with van der Waals surface area (Å²) in [5.74, 6) is 0. The number of hydrogen-bond donors (Lipinski definition) is 1. The van der Waals surface area contributed by atoms with Crippen LogP contribution in [0.3, 0.4) is 0 Å². The van der Waals surface area contributed by atoms with E-state index < -0.39 is 0 Å². The van der Waals surface area contributed by atoms with Gasteiger partial charge in [0.15, 0.2) is 5.16 Å². The summed E-state index contributed by atoms with van der Waals surface area (Å²) in [6.45, 7) is 4.03. The summed E-state index contributed by atoms with van der Waals surface area (Å²) in [4.78, 5) is 8.92. The Labute approximate surface area is 82.4 Å². The van der Waals surface area contributed by atoms with Crippen LogP contribution in [0.2, 0.25) is 0 Å². The van der Waals surface area contributed by atoms with E-state index in [-0.39, 0.29) is 0 Å². The number of aryl methyl sites for hydroxylation is 1. The van der Waals surface area contributed by atoms with Crippen molar-refractivity contribution in [3.8, 4) is 0 Å². The molecule has 2 rings (SSSR count). The molecule has 0 fully saturated rings. The van der Waals surface area contributed by atoms with Crippen molar-refractivity contribution >= 4 is 11.8 Å². The summed E-state index contributed by atoms with van der Waals surface area (Å²) < 4.78 is 0. The van der Waals surface area contributed by atoms with Crippen LogP contribution >= 0.6 is 11.8 Å². The van der Waals surface area contributed by atoms with Gasteiger partial charge < -0.3 is 5.32 Å². The Bertz CT molecular complexity index is 325. The maximum Gasteiger partial charge on any atom is 0.187 e. The Morgan fingerprint density at radius 3 is 3.00 bits per heavy atom. The van der Waals surface area contributed by atoms with E-state index in [4.69, 9.17) is 0 Å². The van der Waals surface area contributed by atoms with Gasteiger partial charge in [-0.25, -0.2) is 9.97 Å². The van der Waals surface area contributed by atoms with Gasteiger partial charge in [-0.15, -0.1) is 0 Å². The Balaban J connectivity index is 2.47. The second-order valence-corrected chi connectivity index (χ2v) is 3.92. The lowest BCUT2D eigenvalue weighted by atomic mass is 10.1. The number of aromatic nitrogens is 2. The average Bonchev–Trinajstić information content (AvgIpc) is 2.18. The van der Waals surface area contributed by atoms with Crippen LogP contribution in [-0.2, 0) is 13.0 Å². The van der Waals surface area contributed by atoms with E-state index >= 15 is 0 Å². The molecule has 0 aliphatic carbocycles. The van der Waals surface area contributed by atoms with E-state index in [9.17, 15) is 0 Å². The Kier molecular flexibility index (Phi) is 2.51. The van der Waals surface area contributed by atoms with E-state index in [1.807, 2.05) is 6.26 Å². The quantitative estimate of drug-likeness (QED) is 0.539. The van der Waals surface area contributed by atoms with Crippen LogP contribution in [0.15, 0.2) is 5.16 Å². The van der Waals surface area contributed by atoms with Gasteiger partial charge in [0.1, 0.15) is 0 Å². The molecule has 3 nitrogen and oxygen atoms in total. The Morgan fingerprint density at radius 2 is 2.23 bits per heavy atom. The predicted octanol–water partition coefficient (Wildman–Crippen LogP) is 1.15. The SMILES string of the molecule is CSc1nc(C)c2c(n1)CCNC2. The molecule has 1 aliphatic heterocycles. The minimum absolute atomic E-state index is 0.901. The average molecular weight is 195 g/mol.